The first-order chi connectivity index (χ1) is 8.16. The summed E-state index contributed by atoms with van der Waals surface area (Å²) in [5.41, 5.74) is 8.33. The Hall–Kier alpha value is -0.740. The van der Waals surface area contributed by atoms with Crippen molar-refractivity contribution in [2.75, 3.05) is 29.5 Å². The summed E-state index contributed by atoms with van der Waals surface area (Å²) < 4.78 is 0. The minimum absolute atomic E-state index is 0.202. The van der Waals surface area contributed by atoms with Gasteiger partial charge in [0, 0.05) is 36.8 Å². The van der Waals surface area contributed by atoms with Crippen molar-refractivity contribution in [3.05, 3.63) is 23.4 Å². The minimum atomic E-state index is 0.202. The Morgan fingerprint density at radius 1 is 1.47 bits per heavy atom. The molecule has 1 aromatic heterocycles. The molecule has 2 rings (SSSR count). The Bertz CT molecular complexity index is 373. The minimum Gasteiger partial charge on any atom is -0.355 e. The zero-order valence-corrected chi connectivity index (χ0v) is 11.5. The molecule has 0 bridgehead atoms. The molecule has 1 saturated heterocycles. The first-order valence-corrected chi connectivity index (χ1v) is 7.36. The third-order valence-electron chi connectivity index (χ3n) is 2.98. The number of anilines is 1. The average molecular weight is 251 g/mol. The van der Waals surface area contributed by atoms with Crippen LogP contribution in [0.15, 0.2) is 12.3 Å². The molecule has 1 aliphatic heterocycles. The maximum atomic E-state index is 5.81. The van der Waals surface area contributed by atoms with Crippen LogP contribution in [0.1, 0.15) is 18.1 Å². The Balaban J connectivity index is 2.13. The molecule has 1 fully saturated rings. The van der Waals surface area contributed by atoms with Gasteiger partial charge in [0.05, 0.1) is 0 Å². The number of nitrogens with zero attached hydrogens (tertiary/aromatic N) is 2. The van der Waals surface area contributed by atoms with Crippen molar-refractivity contribution >= 4 is 17.6 Å². The summed E-state index contributed by atoms with van der Waals surface area (Å²) in [5.74, 6) is 3.57. The first kappa shape index (κ1) is 12.7. The zero-order chi connectivity index (χ0) is 12.3. The molecule has 0 aliphatic carbocycles. The van der Waals surface area contributed by atoms with E-state index < -0.39 is 0 Å². The molecule has 2 heterocycles. The van der Waals surface area contributed by atoms with E-state index in [0.29, 0.717) is 0 Å². The number of hydrogen-bond donors (Lipinski definition) is 1. The SMILES string of the molecule is Cc1cc(CC(C)N)cnc1N1CCSCC1. The summed E-state index contributed by atoms with van der Waals surface area (Å²) in [6, 6.07) is 2.43. The number of pyridine rings is 1. The fourth-order valence-corrected chi connectivity index (χ4v) is 3.12. The lowest BCUT2D eigenvalue weighted by molar-refractivity contribution is 0.733. The third kappa shape index (κ3) is 3.36. The van der Waals surface area contributed by atoms with Gasteiger partial charge in [-0.1, -0.05) is 6.07 Å². The Morgan fingerprint density at radius 2 is 2.18 bits per heavy atom. The molecule has 0 radical (unpaired) electrons. The van der Waals surface area contributed by atoms with Crippen LogP contribution >= 0.6 is 11.8 Å². The predicted molar refractivity (Wildman–Crippen MR) is 75.9 cm³/mol. The number of aryl methyl sites for hydroxylation is 1. The molecular formula is C13H21N3S. The summed E-state index contributed by atoms with van der Waals surface area (Å²) in [4.78, 5) is 7.01. The van der Waals surface area contributed by atoms with Gasteiger partial charge in [0.2, 0.25) is 0 Å². The molecule has 2 N–H and O–H groups in total. The van der Waals surface area contributed by atoms with Crippen molar-refractivity contribution in [2.24, 2.45) is 5.73 Å². The zero-order valence-electron chi connectivity index (χ0n) is 10.6. The van der Waals surface area contributed by atoms with Crippen LogP contribution < -0.4 is 10.6 Å². The van der Waals surface area contributed by atoms with Gasteiger partial charge in [0.15, 0.2) is 0 Å². The second kappa shape index (κ2) is 5.74. The molecule has 1 atom stereocenters. The van der Waals surface area contributed by atoms with Gasteiger partial charge < -0.3 is 10.6 Å². The van der Waals surface area contributed by atoms with Crippen LogP contribution in [0.4, 0.5) is 5.82 Å². The summed E-state index contributed by atoms with van der Waals surface area (Å²) in [6.07, 6.45) is 2.89. The van der Waals surface area contributed by atoms with Crippen LogP contribution in [0.5, 0.6) is 0 Å². The van der Waals surface area contributed by atoms with Crippen molar-refractivity contribution in [3.8, 4) is 0 Å². The lowest BCUT2D eigenvalue weighted by Crippen LogP contribution is -2.33. The van der Waals surface area contributed by atoms with Gasteiger partial charge >= 0.3 is 0 Å². The van der Waals surface area contributed by atoms with Crippen LogP contribution in [0.25, 0.3) is 0 Å². The van der Waals surface area contributed by atoms with E-state index in [1.165, 1.54) is 22.6 Å². The average Bonchev–Trinajstić information content (AvgIpc) is 2.29. The quantitative estimate of drug-likeness (QED) is 0.890. The van der Waals surface area contributed by atoms with Crippen molar-refractivity contribution in [3.63, 3.8) is 0 Å². The van der Waals surface area contributed by atoms with Crippen molar-refractivity contribution in [2.45, 2.75) is 26.3 Å². The summed E-state index contributed by atoms with van der Waals surface area (Å²) in [6.45, 7) is 6.41. The highest BCUT2D eigenvalue weighted by atomic mass is 32.2. The van der Waals surface area contributed by atoms with Crippen LogP contribution in [0.3, 0.4) is 0 Å². The number of aromatic nitrogens is 1. The van der Waals surface area contributed by atoms with Crippen LogP contribution in [-0.2, 0) is 6.42 Å². The Labute approximate surface area is 108 Å². The van der Waals surface area contributed by atoms with Gasteiger partial charge in [-0.25, -0.2) is 4.98 Å². The molecule has 3 nitrogen and oxygen atoms in total. The van der Waals surface area contributed by atoms with E-state index in [0.717, 1.165) is 25.3 Å². The molecule has 1 aromatic rings. The number of rotatable bonds is 3. The summed E-state index contributed by atoms with van der Waals surface area (Å²) >= 11 is 2.02. The van der Waals surface area contributed by atoms with E-state index in [4.69, 9.17) is 5.73 Å². The van der Waals surface area contributed by atoms with Gasteiger partial charge in [-0.2, -0.15) is 11.8 Å². The van der Waals surface area contributed by atoms with Gasteiger partial charge in [0.1, 0.15) is 5.82 Å². The molecule has 1 unspecified atom stereocenters. The summed E-state index contributed by atoms with van der Waals surface area (Å²) in [7, 11) is 0. The normalized spacial score (nSPS) is 18.2. The van der Waals surface area contributed by atoms with E-state index in [-0.39, 0.29) is 6.04 Å². The standard InChI is InChI=1S/C13H21N3S/c1-10-7-12(8-11(2)14)9-15-13(10)16-3-5-17-6-4-16/h7,9,11H,3-6,8,14H2,1-2H3. The second-order valence-electron chi connectivity index (χ2n) is 4.76. The molecule has 17 heavy (non-hydrogen) atoms. The number of hydrogen-bond acceptors (Lipinski definition) is 4. The Morgan fingerprint density at radius 3 is 2.76 bits per heavy atom. The van der Waals surface area contributed by atoms with Crippen molar-refractivity contribution < 1.29 is 0 Å². The lowest BCUT2D eigenvalue weighted by atomic mass is 10.1. The second-order valence-corrected chi connectivity index (χ2v) is 5.99. The van der Waals surface area contributed by atoms with E-state index in [2.05, 4.69) is 22.9 Å². The highest BCUT2D eigenvalue weighted by molar-refractivity contribution is 7.99. The number of nitrogens with two attached hydrogens (primary N) is 1. The number of thioether (sulfide) groups is 1. The molecule has 94 valence electrons. The molecular weight excluding hydrogens is 230 g/mol. The maximum Gasteiger partial charge on any atom is 0.131 e. The molecule has 0 spiro atoms. The summed E-state index contributed by atoms with van der Waals surface area (Å²) in [5, 5.41) is 0. The fraction of sp³-hybridized carbons (Fsp3) is 0.615. The predicted octanol–water partition coefficient (Wildman–Crippen LogP) is 1.83. The first-order valence-electron chi connectivity index (χ1n) is 6.20. The largest absolute Gasteiger partial charge is 0.355 e. The molecule has 1 aliphatic rings. The molecule has 0 amide bonds. The third-order valence-corrected chi connectivity index (χ3v) is 3.92. The van der Waals surface area contributed by atoms with E-state index >= 15 is 0 Å². The van der Waals surface area contributed by atoms with E-state index in [1.807, 2.05) is 24.9 Å². The highest BCUT2D eigenvalue weighted by Crippen LogP contribution is 2.21. The van der Waals surface area contributed by atoms with Crippen LogP contribution in [0.2, 0.25) is 0 Å². The molecule has 4 heteroatoms. The van der Waals surface area contributed by atoms with Crippen LogP contribution in [-0.4, -0.2) is 35.6 Å². The fourth-order valence-electron chi connectivity index (χ4n) is 2.22. The van der Waals surface area contributed by atoms with E-state index in [1.54, 1.807) is 0 Å². The molecule has 0 saturated carbocycles. The van der Waals surface area contributed by atoms with Gasteiger partial charge in [-0.3, -0.25) is 0 Å². The van der Waals surface area contributed by atoms with Gasteiger partial charge in [-0.05, 0) is 31.4 Å². The lowest BCUT2D eigenvalue weighted by Gasteiger charge is -2.28. The van der Waals surface area contributed by atoms with Crippen molar-refractivity contribution in [1.82, 2.24) is 4.98 Å². The Kier molecular flexibility index (Phi) is 4.29. The van der Waals surface area contributed by atoms with Crippen LogP contribution in [0, 0.1) is 6.92 Å². The monoisotopic (exact) mass is 251 g/mol. The van der Waals surface area contributed by atoms with E-state index in [9.17, 15) is 0 Å². The van der Waals surface area contributed by atoms with Gasteiger partial charge in [-0.15, -0.1) is 0 Å². The smallest absolute Gasteiger partial charge is 0.131 e. The topological polar surface area (TPSA) is 42.1 Å². The van der Waals surface area contributed by atoms with Crippen molar-refractivity contribution in [1.29, 1.82) is 0 Å². The highest BCUT2D eigenvalue weighted by Gasteiger charge is 2.14. The van der Waals surface area contributed by atoms with Gasteiger partial charge in [0.25, 0.3) is 0 Å². The maximum absolute atomic E-state index is 5.81. The molecule has 0 aromatic carbocycles.